The Morgan fingerprint density at radius 2 is 1.81 bits per heavy atom. The number of nitrogens with one attached hydrogen (secondary N) is 1. The van der Waals surface area contributed by atoms with Crippen molar-refractivity contribution in [2.45, 2.75) is 6.18 Å². The minimum Gasteiger partial charge on any atom is -0.449 e. The molecule has 0 unspecified atom stereocenters. The predicted octanol–water partition coefficient (Wildman–Crippen LogP) is 4.53. The van der Waals surface area contributed by atoms with E-state index in [9.17, 15) is 18.0 Å². The van der Waals surface area contributed by atoms with Crippen molar-refractivity contribution in [3.63, 3.8) is 0 Å². The van der Waals surface area contributed by atoms with E-state index < -0.39 is 29.0 Å². The van der Waals surface area contributed by atoms with Gasteiger partial charge in [-0.05, 0) is 24.3 Å². The second-order valence-corrected chi connectivity index (χ2v) is 6.03. The van der Waals surface area contributed by atoms with Gasteiger partial charge >= 0.3 is 6.18 Å². The Morgan fingerprint density at radius 3 is 2.44 bits per heavy atom. The Kier molecular flexibility index (Phi) is 4.99. The van der Waals surface area contributed by atoms with Crippen LogP contribution in [0.4, 0.5) is 19.0 Å². The molecule has 0 spiro atoms. The van der Waals surface area contributed by atoms with E-state index in [1.54, 1.807) is 0 Å². The van der Waals surface area contributed by atoms with Crippen molar-refractivity contribution in [2.75, 3.05) is 5.73 Å². The number of pyridine rings is 1. The molecule has 0 atom stereocenters. The molecule has 140 valence electrons. The van der Waals surface area contributed by atoms with Crippen molar-refractivity contribution in [1.82, 2.24) is 15.0 Å². The van der Waals surface area contributed by atoms with Gasteiger partial charge in [0.2, 0.25) is 5.75 Å². The third-order valence-corrected chi connectivity index (χ3v) is 4.01. The van der Waals surface area contributed by atoms with Gasteiger partial charge in [0.1, 0.15) is 17.3 Å². The standard InChI is InChI=1S/C16H9Cl2F3N4O2/c17-8-5-4-7(6-9(8)18)27-12-13(16(19,20)21)24-14(25-15(12)26)10-2-1-3-11(22)23-10/h1-6H,(H2,22,23)(H,24,25,26). The smallest absolute Gasteiger partial charge is 0.437 e. The SMILES string of the molecule is Nc1cccc(-c2nc(C(F)(F)F)c(Oc3ccc(Cl)c(Cl)c3)c(=O)[nH]2)n1. The van der Waals surface area contributed by atoms with Crippen molar-refractivity contribution in [3.8, 4) is 23.0 Å². The molecule has 0 bridgehead atoms. The zero-order valence-corrected chi connectivity index (χ0v) is 14.7. The number of nitrogens with zero attached hydrogens (tertiary/aromatic N) is 2. The molecule has 0 aliphatic heterocycles. The van der Waals surface area contributed by atoms with Gasteiger partial charge in [-0.3, -0.25) is 4.79 Å². The van der Waals surface area contributed by atoms with E-state index in [4.69, 9.17) is 33.7 Å². The van der Waals surface area contributed by atoms with E-state index in [2.05, 4.69) is 15.0 Å². The third kappa shape index (κ3) is 4.15. The number of rotatable bonds is 3. The summed E-state index contributed by atoms with van der Waals surface area (Å²) in [7, 11) is 0. The van der Waals surface area contributed by atoms with Crippen LogP contribution >= 0.6 is 23.2 Å². The first-order valence-corrected chi connectivity index (χ1v) is 7.98. The first kappa shape index (κ1) is 19.0. The number of ether oxygens (including phenoxy) is 1. The Bertz CT molecular complexity index is 1070. The number of aromatic nitrogens is 3. The lowest BCUT2D eigenvalue weighted by Gasteiger charge is -2.13. The summed E-state index contributed by atoms with van der Waals surface area (Å²) in [6.07, 6.45) is -4.96. The number of nitrogens with two attached hydrogens (primary N) is 1. The van der Waals surface area contributed by atoms with Crippen LogP contribution in [0.5, 0.6) is 11.5 Å². The van der Waals surface area contributed by atoms with E-state index in [1.807, 2.05) is 0 Å². The fourth-order valence-electron chi connectivity index (χ4n) is 2.11. The molecule has 11 heteroatoms. The number of hydrogen-bond donors (Lipinski definition) is 2. The molecule has 2 aromatic heterocycles. The van der Waals surface area contributed by atoms with Crippen molar-refractivity contribution >= 4 is 29.0 Å². The molecule has 27 heavy (non-hydrogen) atoms. The first-order chi connectivity index (χ1) is 12.6. The lowest BCUT2D eigenvalue weighted by Crippen LogP contribution is -2.21. The largest absolute Gasteiger partial charge is 0.449 e. The van der Waals surface area contributed by atoms with Gasteiger partial charge in [0.05, 0.1) is 10.0 Å². The Balaban J connectivity index is 2.13. The highest BCUT2D eigenvalue weighted by Crippen LogP contribution is 2.36. The van der Waals surface area contributed by atoms with Crippen LogP contribution < -0.4 is 16.0 Å². The molecule has 0 aliphatic rings. The summed E-state index contributed by atoms with van der Waals surface area (Å²) in [6.45, 7) is 0. The van der Waals surface area contributed by atoms with Gasteiger partial charge in [0.25, 0.3) is 5.56 Å². The maximum Gasteiger partial charge on any atom is 0.437 e. The number of alkyl halides is 3. The number of anilines is 1. The van der Waals surface area contributed by atoms with Gasteiger partial charge < -0.3 is 15.5 Å². The van der Waals surface area contributed by atoms with E-state index in [0.29, 0.717) is 0 Å². The van der Waals surface area contributed by atoms with Crippen LogP contribution in [0, 0.1) is 0 Å². The van der Waals surface area contributed by atoms with Crippen molar-refractivity contribution in [3.05, 3.63) is 62.5 Å². The van der Waals surface area contributed by atoms with Crippen LogP contribution in [0.25, 0.3) is 11.5 Å². The zero-order chi connectivity index (χ0) is 19.8. The summed E-state index contributed by atoms with van der Waals surface area (Å²) < 4.78 is 45.5. The van der Waals surface area contributed by atoms with Gasteiger partial charge in [0.15, 0.2) is 11.5 Å². The number of hydrogen-bond acceptors (Lipinski definition) is 5. The summed E-state index contributed by atoms with van der Waals surface area (Å²) >= 11 is 11.6. The molecule has 2 heterocycles. The maximum atomic E-state index is 13.5. The number of halogens is 5. The van der Waals surface area contributed by atoms with E-state index in [1.165, 1.54) is 36.4 Å². The fraction of sp³-hybridized carbons (Fsp3) is 0.0625. The van der Waals surface area contributed by atoms with Gasteiger partial charge in [-0.1, -0.05) is 29.3 Å². The van der Waals surface area contributed by atoms with Crippen LogP contribution in [0.15, 0.2) is 41.2 Å². The molecule has 0 saturated carbocycles. The molecule has 0 amide bonds. The number of aromatic amines is 1. The zero-order valence-electron chi connectivity index (χ0n) is 13.1. The minimum absolute atomic E-state index is 0.0290. The minimum atomic E-state index is -4.96. The van der Waals surface area contributed by atoms with Crippen molar-refractivity contribution in [2.24, 2.45) is 0 Å². The van der Waals surface area contributed by atoms with Gasteiger partial charge in [-0.2, -0.15) is 13.2 Å². The molecule has 0 saturated heterocycles. The molecule has 1 aromatic carbocycles. The average Bonchev–Trinajstić information content (AvgIpc) is 2.58. The summed E-state index contributed by atoms with van der Waals surface area (Å²) in [5, 5.41) is 0.225. The number of nitrogen functional groups attached to an aromatic ring is 1. The molecule has 6 nitrogen and oxygen atoms in total. The Morgan fingerprint density at radius 1 is 1.07 bits per heavy atom. The molecule has 0 fully saturated rings. The van der Waals surface area contributed by atoms with Crippen LogP contribution in [0.1, 0.15) is 5.69 Å². The molecule has 3 N–H and O–H groups in total. The van der Waals surface area contributed by atoms with Crippen LogP contribution in [-0.4, -0.2) is 15.0 Å². The molecule has 0 radical (unpaired) electrons. The number of H-pyrrole nitrogens is 1. The van der Waals surface area contributed by atoms with Gasteiger partial charge in [-0.15, -0.1) is 0 Å². The second kappa shape index (κ2) is 7.09. The second-order valence-electron chi connectivity index (χ2n) is 5.22. The molecule has 0 aliphatic carbocycles. The Hall–Kier alpha value is -2.78. The van der Waals surface area contributed by atoms with E-state index in [0.717, 1.165) is 0 Å². The monoisotopic (exact) mass is 416 g/mol. The molecule has 3 rings (SSSR count). The summed E-state index contributed by atoms with van der Waals surface area (Å²) in [6, 6.07) is 8.02. The highest BCUT2D eigenvalue weighted by Gasteiger charge is 2.39. The highest BCUT2D eigenvalue weighted by atomic mass is 35.5. The summed E-state index contributed by atoms with van der Waals surface area (Å²) in [4.78, 5) is 21.8. The highest BCUT2D eigenvalue weighted by molar-refractivity contribution is 6.42. The quantitative estimate of drug-likeness (QED) is 0.653. The van der Waals surface area contributed by atoms with E-state index in [-0.39, 0.29) is 27.3 Å². The average molecular weight is 417 g/mol. The summed E-state index contributed by atoms with van der Waals surface area (Å²) in [5.41, 5.74) is 2.82. The summed E-state index contributed by atoms with van der Waals surface area (Å²) in [5.74, 6) is -1.49. The molecular formula is C16H9Cl2F3N4O2. The number of benzene rings is 1. The molecular weight excluding hydrogens is 408 g/mol. The van der Waals surface area contributed by atoms with Gasteiger partial charge in [-0.25, -0.2) is 9.97 Å². The molecule has 3 aromatic rings. The normalized spacial score (nSPS) is 11.4. The lowest BCUT2D eigenvalue weighted by molar-refractivity contribution is -0.142. The fourth-order valence-corrected chi connectivity index (χ4v) is 2.40. The van der Waals surface area contributed by atoms with Crippen LogP contribution in [-0.2, 0) is 6.18 Å². The van der Waals surface area contributed by atoms with Crippen LogP contribution in [0.2, 0.25) is 10.0 Å². The van der Waals surface area contributed by atoms with Crippen molar-refractivity contribution < 1.29 is 17.9 Å². The topological polar surface area (TPSA) is 93.9 Å². The first-order valence-electron chi connectivity index (χ1n) is 7.22. The van der Waals surface area contributed by atoms with Crippen molar-refractivity contribution in [1.29, 1.82) is 0 Å². The Labute approximate surface area is 159 Å². The van der Waals surface area contributed by atoms with Gasteiger partial charge in [0, 0.05) is 6.07 Å². The van der Waals surface area contributed by atoms with E-state index >= 15 is 0 Å². The maximum absolute atomic E-state index is 13.5. The lowest BCUT2D eigenvalue weighted by atomic mass is 10.3. The third-order valence-electron chi connectivity index (χ3n) is 3.27. The predicted molar refractivity (Wildman–Crippen MR) is 94.0 cm³/mol. The van der Waals surface area contributed by atoms with Crippen LogP contribution in [0.3, 0.4) is 0 Å².